The van der Waals surface area contributed by atoms with Crippen molar-refractivity contribution in [3.63, 3.8) is 0 Å². The molecule has 9 heteroatoms. The summed E-state index contributed by atoms with van der Waals surface area (Å²) in [5.41, 5.74) is 0.666. The van der Waals surface area contributed by atoms with Gasteiger partial charge in [-0.05, 0) is 6.42 Å². The zero-order valence-corrected chi connectivity index (χ0v) is 13.1. The van der Waals surface area contributed by atoms with Crippen LogP contribution in [0.25, 0.3) is 0 Å². The van der Waals surface area contributed by atoms with Crippen molar-refractivity contribution >= 4 is 29.1 Å². The van der Waals surface area contributed by atoms with Crippen molar-refractivity contribution in [2.24, 2.45) is 7.05 Å². The number of hydrogen-bond acceptors (Lipinski definition) is 4. The van der Waals surface area contributed by atoms with Crippen LogP contribution in [-0.2, 0) is 18.4 Å². The molecule has 2 amide bonds. The van der Waals surface area contributed by atoms with Crippen LogP contribution < -0.4 is 10.6 Å². The van der Waals surface area contributed by atoms with Crippen molar-refractivity contribution in [3.8, 4) is 0 Å². The highest BCUT2D eigenvalue weighted by molar-refractivity contribution is 6.30. The van der Waals surface area contributed by atoms with Crippen molar-refractivity contribution in [2.75, 3.05) is 11.9 Å². The summed E-state index contributed by atoms with van der Waals surface area (Å²) < 4.78 is 2.83. The molecule has 0 spiro atoms. The molecule has 2 heterocycles. The molecule has 2 N–H and O–H groups in total. The number of carbonyl (C=O) groups is 2. The molecule has 0 fully saturated rings. The van der Waals surface area contributed by atoms with Crippen LogP contribution in [0.1, 0.15) is 23.8 Å². The largest absolute Gasteiger partial charge is 0.351 e. The number of nitrogens with zero attached hydrogens (tertiary/aromatic N) is 4. The maximum Gasteiger partial charge on any atom is 0.271 e. The fourth-order valence-corrected chi connectivity index (χ4v) is 2.04. The molecule has 0 unspecified atom stereocenters. The molecule has 0 aromatic carbocycles. The SMILES string of the molecule is CCCNC(=O)c1c(NC(=O)Cn2cc(Cl)cn2)cnn1C. The molecule has 0 saturated heterocycles. The molecule has 2 aromatic rings. The van der Waals surface area contributed by atoms with E-state index < -0.39 is 0 Å². The second-order valence-electron chi connectivity index (χ2n) is 4.69. The normalized spacial score (nSPS) is 10.5. The van der Waals surface area contributed by atoms with E-state index in [-0.39, 0.29) is 18.4 Å². The standard InChI is InChI=1S/C13H17ClN6O2/c1-3-4-15-13(22)12-10(6-16-19(12)2)18-11(21)8-20-7-9(14)5-17-20/h5-7H,3-4,8H2,1-2H3,(H,15,22)(H,18,21). The van der Waals surface area contributed by atoms with Gasteiger partial charge in [-0.3, -0.25) is 19.0 Å². The van der Waals surface area contributed by atoms with Crippen LogP contribution in [0.5, 0.6) is 0 Å². The van der Waals surface area contributed by atoms with E-state index in [0.717, 1.165) is 6.42 Å². The van der Waals surface area contributed by atoms with Crippen LogP contribution in [0.3, 0.4) is 0 Å². The zero-order valence-electron chi connectivity index (χ0n) is 12.3. The van der Waals surface area contributed by atoms with Gasteiger partial charge in [-0.15, -0.1) is 0 Å². The number of nitrogens with one attached hydrogen (secondary N) is 2. The molecule has 0 aliphatic heterocycles. The molecule has 2 rings (SSSR count). The zero-order chi connectivity index (χ0) is 16.1. The Morgan fingerprint density at radius 1 is 1.32 bits per heavy atom. The van der Waals surface area contributed by atoms with Crippen LogP contribution in [0.15, 0.2) is 18.6 Å². The summed E-state index contributed by atoms with van der Waals surface area (Å²) in [6.45, 7) is 2.52. The molecule has 0 aliphatic carbocycles. The predicted octanol–water partition coefficient (Wildman–Crippen LogP) is 1.05. The summed E-state index contributed by atoms with van der Waals surface area (Å²) in [6.07, 6.45) is 5.25. The Labute approximate surface area is 132 Å². The maximum atomic E-state index is 12.1. The molecule has 22 heavy (non-hydrogen) atoms. The van der Waals surface area contributed by atoms with E-state index in [1.165, 1.54) is 21.8 Å². The Bertz CT molecular complexity index is 678. The first-order valence-electron chi connectivity index (χ1n) is 6.79. The van der Waals surface area contributed by atoms with Crippen LogP contribution in [-0.4, -0.2) is 37.9 Å². The Hall–Kier alpha value is -2.35. The minimum absolute atomic E-state index is 0.00235. The van der Waals surface area contributed by atoms with E-state index in [2.05, 4.69) is 20.8 Å². The van der Waals surface area contributed by atoms with Gasteiger partial charge in [0.15, 0.2) is 0 Å². The van der Waals surface area contributed by atoms with Gasteiger partial charge in [0.25, 0.3) is 5.91 Å². The first-order valence-corrected chi connectivity index (χ1v) is 7.17. The van der Waals surface area contributed by atoms with Gasteiger partial charge in [-0.2, -0.15) is 10.2 Å². The summed E-state index contributed by atoms with van der Waals surface area (Å²) in [7, 11) is 1.64. The first-order chi connectivity index (χ1) is 10.5. The Kier molecular flexibility index (Phi) is 5.16. The van der Waals surface area contributed by atoms with Crippen molar-refractivity contribution < 1.29 is 9.59 Å². The predicted molar refractivity (Wildman–Crippen MR) is 81.7 cm³/mol. The third kappa shape index (κ3) is 3.85. The Morgan fingerprint density at radius 2 is 2.09 bits per heavy atom. The summed E-state index contributed by atoms with van der Waals surface area (Å²) in [5.74, 6) is -0.600. The topological polar surface area (TPSA) is 93.8 Å². The monoisotopic (exact) mass is 324 g/mol. The lowest BCUT2D eigenvalue weighted by Gasteiger charge is -2.08. The Morgan fingerprint density at radius 3 is 2.73 bits per heavy atom. The fraction of sp³-hybridized carbons (Fsp3) is 0.385. The number of carbonyl (C=O) groups excluding carboxylic acids is 2. The average molecular weight is 325 g/mol. The number of anilines is 1. The summed E-state index contributed by atoms with van der Waals surface area (Å²) >= 11 is 5.74. The number of amides is 2. The smallest absolute Gasteiger partial charge is 0.271 e. The van der Waals surface area contributed by atoms with E-state index >= 15 is 0 Å². The van der Waals surface area contributed by atoms with E-state index in [0.29, 0.717) is 22.9 Å². The van der Waals surface area contributed by atoms with Crippen LogP contribution in [0.2, 0.25) is 5.02 Å². The molecule has 0 saturated carbocycles. The minimum Gasteiger partial charge on any atom is -0.351 e. The molecule has 2 aromatic heterocycles. The van der Waals surface area contributed by atoms with Gasteiger partial charge < -0.3 is 10.6 Å². The number of aryl methyl sites for hydroxylation is 1. The molecule has 8 nitrogen and oxygen atoms in total. The molecule has 0 radical (unpaired) electrons. The lowest BCUT2D eigenvalue weighted by Crippen LogP contribution is -2.28. The van der Waals surface area contributed by atoms with Crippen LogP contribution >= 0.6 is 11.6 Å². The fourth-order valence-electron chi connectivity index (χ4n) is 1.88. The number of rotatable bonds is 6. The van der Waals surface area contributed by atoms with Gasteiger partial charge in [0.2, 0.25) is 5.91 Å². The second kappa shape index (κ2) is 7.08. The second-order valence-corrected chi connectivity index (χ2v) is 5.13. The first kappa shape index (κ1) is 16.0. The number of hydrogen-bond donors (Lipinski definition) is 2. The van der Waals surface area contributed by atoms with Gasteiger partial charge >= 0.3 is 0 Å². The van der Waals surface area contributed by atoms with E-state index in [1.54, 1.807) is 13.2 Å². The van der Waals surface area contributed by atoms with Crippen molar-refractivity contribution in [1.82, 2.24) is 24.9 Å². The van der Waals surface area contributed by atoms with Crippen molar-refractivity contribution in [3.05, 3.63) is 29.3 Å². The molecule has 118 valence electrons. The molecule has 0 aliphatic rings. The Balaban J connectivity index is 2.06. The summed E-state index contributed by atoms with van der Waals surface area (Å²) in [4.78, 5) is 24.1. The lowest BCUT2D eigenvalue weighted by atomic mass is 10.3. The highest BCUT2D eigenvalue weighted by atomic mass is 35.5. The highest BCUT2D eigenvalue weighted by Gasteiger charge is 2.18. The highest BCUT2D eigenvalue weighted by Crippen LogP contribution is 2.14. The minimum atomic E-state index is -0.322. The van der Waals surface area contributed by atoms with Gasteiger partial charge in [-0.1, -0.05) is 18.5 Å². The van der Waals surface area contributed by atoms with Gasteiger partial charge in [0.05, 0.1) is 23.1 Å². The number of aromatic nitrogens is 4. The summed E-state index contributed by atoms with van der Waals surface area (Å²) in [5, 5.41) is 13.8. The average Bonchev–Trinajstić information content (AvgIpc) is 3.02. The van der Waals surface area contributed by atoms with Gasteiger partial charge in [0, 0.05) is 19.8 Å². The van der Waals surface area contributed by atoms with Crippen LogP contribution in [0, 0.1) is 0 Å². The van der Waals surface area contributed by atoms with Crippen molar-refractivity contribution in [2.45, 2.75) is 19.9 Å². The lowest BCUT2D eigenvalue weighted by molar-refractivity contribution is -0.116. The molecular formula is C13H17ClN6O2. The third-order valence-corrected chi connectivity index (χ3v) is 3.07. The quantitative estimate of drug-likeness (QED) is 0.830. The van der Waals surface area contributed by atoms with E-state index in [9.17, 15) is 9.59 Å². The molecule has 0 atom stereocenters. The summed E-state index contributed by atoms with van der Waals surface area (Å²) in [6, 6.07) is 0. The third-order valence-electron chi connectivity index (χ3n) is 2.87. The maximum absolute atomic E-state index is 12.1. The molecule has 0 bridgehead atoms. The van der Waals surface area contributed by atoms with E-state index in [4.69, 9.17) is 11.6 Å². The molecular weight excluding hydrogens is 308 g/mol. The van der Waals surface area contributed by atoms with Crippen LogP contribution in [0.4, 0.5) is 5.69 Å². The van der Waals surface area contributed by atoms with Crippen molar-refractivity contribution in [1.29, 1.82) is 0 Å². The van der Waals surface area contributed by atoms with E-state index in [1.807, 2.05) is 6.92 Å². The van der Waals surface area contributed by atoms with Gasteiger partial charge in [-0.25, -0.2) is 0 Å². The number of halogens is 1. The van der Waals surface area contributed by atoms with Gasteiger partial charge in [0.1, 0.15) is 12.2 Å².